The van der Waals surface area contributed by atoms with Crippen LogP contribution in [0.15, 0.2) is 58.3 Å². The molecule has 0 spiro atoms. The lowest BCUT2D eigenvalue weighted by atomic mass is 10.2. The molecule has 0 bridgehead atoms. The summed E-state index contributed by atoms with van der Waals surface area (Å²) < 4.78 is 68.2. The Morgan fingerprint density at radius 3 is 1.32 bits per heavy atom. The standard InChI is InChI=1S/C25H24Cl4N2O11S2/c26-24(27,22(33)41-17-3-1-5-19(15-17)43(35,36)30-7-11-39-12-8-30)21(32)25(28,29)23(34)42-18-4-2-6-20(16-18)44(37,38)31-9-13-40-14-10-31/h1-6,15-16H,7-14H2. The number of ketones is 1. The Balaban J connectivity index is 1.46. The molecule has 2 aromatic carbocycles. The Hall–Kier alpha value is -2.05. The molecule has 0 aliphatic carbocycles. The molecule has 44 heavy (non-hydrogen) atoms. The normalized spacial score (nSPS) is 17.5. The first-order chi connectivity index (χ1) is 20.6. The summed E-state index contributed by atoms with van der Waals surface area (Å²) in [5, 5.41) is 0. The molecule has 19 heteroatoms. The molecule has 0 aromatic heterocycles. The third-order valence-electron chi connectivity index (χ3n) is 6.33. The van der Waals surface area contributed by atoms with E-state index < -0.39 is 46.4 Å². The molecule has 0 unspecified atom stereocenters. The second-order valence-electron chi connectivity index (χ2n) is 9.24. The topological polar surface area (TPSA) is 163 Å². The van der Waals surface area contributed by atoms with Crippen molar-refractivity contribution in [2.24, 2.45) is 0 Å². The zero-order valence-corrected chi connectivity index (χ0v) is 27.1. The number of carbonyl (C=O) groups excluding carboxylic acids is 3. The van der Waals surface area contributed by atoms with E-state index in [0.29, 0.717) is 0 Å². The lowest BCUT2D eigenvalue weighted by Crippen LogP contribution is -2.51. The smallest absolute Gasteiger partial charge is 0.356 e. The van der Waals surface area contributed by atoms with E-state index >= 15 is 0 Å². The number of morpholine rings is 2. The van der Waals surface area contributed by atoms with Crippen molar-refractivity contribution in [1.29, 1.82) is 0 Å². The molecule has 0 saturated carbocycles. The summed E-state index contributed by atoms with van der Waals surface area (Å²) >= 11 is 23.9. The second-order valence-corrected chi connectivity index (χ2v) is 15.8. The van der Waals surface area contributed by atoms with Gasteiger partial charge in [-0.15, -0.1) is 0 Å². The van der Waals surface area contributed by atoms with Crippen molar-refractivity contribution in [2.45, 2.75) is 18.5 Å². The number of carbonyl (C=O) groups is 3. The van der Waals surface area contributed by atoms with E-state index in [2.05, 4.69) is 0 Å². The average molecular weight is 734 g/mol. The highest BCUT2D eigenvalue weighted by molar-refractivity contribution is 7.89. The van der Waals surface area contributed by atoms with Gasteiger partial charge < -0.3 is 18.9 Å². The van der Waals surface area contributed by atoms with Crippen LogP contribution in [0.25, 0.3) is 0 Å². The van der Waals surface area contributed by atoms with Crippen LogP contribution in [-0.2, 0) is 43.9 Å². The average Bonchev–Trinajstić information content (AvgIpc) is 3.01. The SMILES string of the molecule is O=C(Oc1cccc(S(=O)(=O)N2CCOCC2)c1)C(Cl)(Cl)C(=O)C(Cl)(Cl)C(=O)Oc1cccc(S(=O)(=O)N2CCOCC2)c1. The van der Waals surface area contributed by atoms with Crippen molar-refractivity contribution in [1.82, 2.24) is 8.61 Å². The summed E-state index contributed by atoms with van der Waals surface area (Å²) in [7, 11) is -7.95. The van der Waals surface area contributed by atoms with E-state index in [1.165, 1.54) is 45.0 Å². The van der Waals surface area contributed by atoms with Gasteiger partial charge in [-0.3, -0.25) is 4.79 Å². The maximum atomic E-state index is 13.1. The highest BCUT2D eigenvalue weighted by Gasteiger charge is 2.58. The van der Waals surface area contributed by atoms with Crippen molar-refractivity contribution in [3.8, 4) is 11.5 Å². The maximum absolute atomic E-state index is 13.1. The minimum absolute atomic E-state index is 0.116. The summed E-state index contributed by atoms with van der Waals surface area (Å²) in [6, 6.07) is 9.51. The lowest BCUT2D eigenvalue weighted by molar-refractivity contribution is -0.142. The van der Waals surface area contributed by atoms with Crippen LogP contribution in [0.4, 0.5) is 0 Å². The molecule has 0 radical (unpaired) electrons. The number of sulfonamides is 2. The van der Waals surface area contributed by atoms with Gasteiger partial charge in [0.2, 0.25) is 25.8 Å². The minimum atomic E-state index is -3.98. The van der Waals surface area contributed by atoms with Crippen molar-refractivity contribution in [3.63, 3.8) is 0 Å². The van der Waals surface area contributed by atoms with Crippen molar-refractivity contribution in [2.75, 3.05) is 52.6 Å². The fourth-order valence-corrected chi connectivity index (χ4v) is 7.80. The van der Waals surface area contributed by atoms with Gasteiger partial charge in [-0.25, -0.2) is 26.4 Å². The predicted molar refractivity (Wildman–Crippen MR) is 157 cm³/mol. The number of rotatable bonds is 10. The fourth-order valence-electron chi connectivity index (χ4n) is 3.99. The van der Waals surface area contributed by atoms with E-state index in [9.17, 15) is 31.2 Å². The maximum Gasteiger partial charge on any atom is 0.356 e. The van der Waals surface area contributed by atoms with E-state index in [1.54, 1.807) is 0 Å². The van der Waals surface area contributed by atoms with Gasteiger partial charge >= 0.3 is 11.9 Å². The summed E-state index contributed by atoms with van der Waals surface area (Å²) in [4.78, 5) is 38.3. The molecule has 0 atom stereocenters. The molecule has 2 aromatic rings. The molecule has 2 heterocycles. The molecule has 4 rings (SSSR count). The van der Waals surface area contributed by atoms with Gasteiger partial charge in [0, 0.05) is 38.3 Å². The second kappa shape index (κ2) is 13.7. The van der Waals surface area contributed by atoms with E-state index in [-0.39, 0.29) is 73.9 Å². The third-order valence-corrected chi connectivity index (χ3v) is 11.4. The van der Waals surface area contributed by atoms with Gasteiger partial charge in [-0.2, -0.15) is 8.61 Å². The predicted octanol–water partition coefficient (Wildman–Crippen LogP) is 2.16. The first-order valence-electron chi connectivity index (χ1n) is 12.7. The monoisotopic (exact) mass is 732 g/mol. The largest absolute Gasteiger partial charge is 0.424 e. The number of hydrogen-bond donors (Lipinski definition) is 0. The quantitative estimate of drug-likeness (QED) is 0.152. The van der Waals surface area contributed by atoms with Crippen LogP contribution in [0, 0.1) is 0 Å². The van der Waals surface area contributed by atoms with Crippen LogP contribution < -0.4 is 9.47 Å². The van der Waals surface area contributed by atoms with Crippen LogP contribution in [0.3, 0.4) is 0 Å². The molecule has 0 amide bonds. The molecule has 13 nitrogen and oxygen atoms in total. The number of benzene rings is 2. The lowest BCUT2D eigenvalue weighted by Gasteiger charge is -2.26. The number of hydrogen-bond acceptors (Lipinski definition) is 11. The van der Waals surface area contributed by atoms with Gasteiger partial charge in [0.1, 0.15) is 11.5 Å². The van der Waals surface area contributed by atoms with Crippen LogP contribution in [-0.4, -0.2) is 104 Å². The molecular weight excluding hydrogens is 710 g/mol. The van der Waals surface area contributed by atoms with Crippen LogP contribution in [0.5, 0.6) is 11.5 Å². The summed E-state index contributed by atoms with van der Waals surface area (Å²) in [6.45, 7) is 1.29. The molecular formula is C25H24Cl4N2O11S2. The highest BCUT2D eigenvalue weighted by Crippen LogP contribution is 2.37. The number of nitrogens with zero attached hydrogens (tertiary/aromatic N) is 2. The molecule has 2 saturated heterocycles. The fraction of sp³-hybridized carbons (Fsp3) is 0.400. The van der Waals surface area contributed by atoms with Crippen LogP contribution >= 0.6 is 46.4 Å². The molecule has 2 fully saturated rings. The Bertz CT molecular complexity index is 1520. The van der Waals surface area contributed by atoms with Crippen LogP contribution in [0.1, 0.15) is 0 Å². The Labute approximate surface area is 272 Å². The molecule has 0 N–H and O–H groups in total. The molecule has 2 aliphatic rings. The van der Waals surface area contributed by atoms with E-state index in [4.69, 9.17) is 65.4 Å². The zero-order chi connectivity index (χ0) is 32.3. The van der Waals surface area contributed by atoms with Gasteiger partial charge in [0.15, 0.2) is 0 Å². The summed E-state index contributed by atoms with van der Waals surface area (Å²) in [5.41, 5.74) is 0. The third kappa shape index (κ3) is 7.49. The van der Waals surface area contributed by atoms with E-state index in [0.717, 1.165) is 12.1 Å². The molecule has 2 aliphatic heterocycles. The first-order valence-corrected chi connectivity index (χ1v) is 17.1. The van der Waals surface area contributed by atoms with Crippen molar-refractivity contribution in [3.05, 3.63) is 48.5 Å². The van der Waals surface area contributed by atoms with Gasteiger partial charge in [0.05, 0.1) is 36.2 Å². The number of Topliss-reactive ketones (excluding diaryl/α,β-unsaturated/α-hetero) is 1. The minimum Gasteiger partial charge on any atom is -0.424 e. The number of alkyl halides is 4. The first kappa shape index (κ1) is 34.8. The van der Waals surface area contributed by atoms with Gasteiger partial charge in [0.25, 0.3) is 8.67 Å². The Morgan fingerprint density at radius 2 is 0.977 bits per heavy atom. The zero-order valence-electron chi connectivity index (χ0n) is 22.5. The van der Waals surface area contributed by atoms with Gasteiger partial charge in [-0.1, -0.05) is 58.5 Å². The van der Waals surface area contributed by atoms with Crippen molar-refractivity contribution >= 4 is 84.2 Å². The van der Waals surface area contributed by atoms with Crippen LogP contribution in [0.2, 0.25) is 0 Å². The number of halogens is 4. The number of ether oxygens (including phenoxy) is 4. The summed E-state index contributed by atoms with van der Waals surface area (Å²) in [6.07, 6.45) is 0. The Kier molecular flexibility index (Phi) is 10.9. The highest BCUT2D eigenvalue weighted by atomic mass is 35.5. The number of esters is 2. The Morgan fingerprint density at radius 1 is 0.636 bits per heavy atom. The molecule has 240 valence electrons. The summed E-state index contributed by atoms with van der Waals surface area (Å²) in [5.74, 6) is -5.76. The van der Waals surface area contributed by atoms with Crippen molar-refractivity contribution < 1.29 is 50.2 Å². The van der Waals surface area contributed by atoms with Gasteiger partial charge in [-0.05, 0) is 24.3 Å². The van der Waals surface area contributed by atoms with E-state index in [1.807, 2.05) is 0 Å².